The van der Waals surface area contributed by atoms with E-state index in [9.17, 15) is 14.9 Å². The van der Waals surface area contributed by atoms with Gasteiger partial charge in [-0.15, -0.1) is 0 Å². The number of hydrogen-bond acceptors (Lipinski definition) is 7. The van der Waals surface area contributed by atoms with E-state index in [1.807, 2.05) is 0 Å². The Bertz CT molecular complexity index is 852. The first-order valence-corrected chi connectivity index (χ1v) is 7.97. The van der Waals surface area contributed by atoms with Gasteiger partial charge in [-0.3, -0.25) is 14.9 Å². The van der Waals surface area contributed by atoms with Gasteiger partial charge in [0.25, 0.3) is 11.6 Å². The molecule has 27 heavy (non-hydrogen) atoms. The summed E-state index contributed by atoms with van der Waals surface area (Å²) < 4.78 is 20.8. The number of hydrogen-bond donors (Lipinski definition) is 1. The van der Waals surface area contributed by atoms with Gasteiger partial charge in [0.15, 0.2) is 11.5 Å². The molecule has 2 aromatic carbocycles. The largest absolute Gasteiger partial charge is 0.497 e. The van der Waals surface area contributed by atoms with Gasteiger partial charge in [0.1, 0.15) is 17.1 Å². The minimum absolute atomic E-state index is 0.168. The second-order valence-electron chi connectivity index (χ2n) is 5.23. The number of benzene rings is 2. The van der Waals surface area contributed by atoms with E-state index in [0.717, 1.165) is 0 Å². The van der Waals surface area contributed by atoms with Gasteiger partial charge >= 0.3 is 0 Å². The molecule has 9 heteroatoms. The molecule has 9 nitrogen and oxygen atoms in total. The molecule has 0 atom stereocenters. The number of rotatable bonds is 8. The van der Waals surface area contributed by atoms with Crippen LogP contribution >= 0.6 is 0 Å². The molecule has 0 unspecified atom stereocenters. The number of methoxy groups -OCH3 is 3. The summed E-state index contributed by atoms with van der Waals surface area (Å²) in [6, 6.07) is 7.23. The van der Waals surface area contributed by atoms with Gasteiger partial charge in [-0.05, 0) is 19.1 Å². The van der Waals surface area contributed by atoms with Crippen LogP contribution in [0.5, 0.6) is 23.0 Å². The Kier molecular flexibility index (Phi) is 6.42. The number of carbonyl (C=O) groups excluding carboxylic acids is 1. The average molecular weight is 376 g/mol. The van der Waals surface area contributed by atoms with E-state index in [1.54, 1.807) is 25.1 Å². The lowest BCUT2D eigenvalue weighted by Crippen LogP contribution is -2.15. The highest BCUT2D eigenvalue weighted by Crippen LogP contribution is 2.36. The fourth-order valence-electron chi connectivity index (χ4n) is 2.40. The SMILES string of the molecule is CCOc1cc([N+](=O)[O-])c(C(=O)Nc2ccc(OC)cc2OC)cc1OC. The summed E-state index contributed by atoms with van der Waals surface area (Å²) >= 11 is 0. The molecule has 0 aliphatic rings. The summed E-state index contributed by atoms with van der Waals surface area (Å²) in [5.41, 5.74) is -0.229. The molecule has 2 rings (SSSR count). The van der Waals surface area contributed by atoms with Crippen LogP contribution in [0.2, 0.25) is 0 Å². The van der Waals surface area contributed by atoms with Crippen LogP contribution in [-0.2, 0) is 0 Å². The highest BCUT2D eigenvalue weighted by Gasteiger charge is 2.25. The molecule has 144 valence electrons. The molecule has 0 fully saturated rings. The van der Waals surface area contributed by atoms with Crippen molar-refractivity contribution >= 4 is 17.3 Å². The third-order valence-corrected chi connectivity index (χ3v) is 3.68. The van der Waals surface area contributed by atoms with Crippen LogP contribution in [-0.4, -0.2) is 38.8 Å². The summed E-state index contributed by atoms with van der Waals surface area (Å²) in [5.74, 6) is 0.605. The molecule has 0 heterocycles. The fraction of sp³-hybridized carbons (Fsp3) is 0.278. The van der Waals surface area contributed by atoms with Crippen molar-refractivity contribution in [3.8, 4) is 23.0 Å². The van der Waals surface area contributed by atoms with Crippen LogP contribution in [0, 0.1) is 10.1 Å². The monoisotopic (exact) mass is 376 g/mol. The van der Waals surface area contributed by atoms with Gasteiger partial charge in [0.05, 0.1) is 44.6 Å². The van der Waals surface area contributed by atoms with E-state index in [2.05, 4.69) is 5.32 Å². The molecule has 2 aromatic rings. The Labute approximate surface area is 155 Å². The number of amides is 1. The number of nitro benzene ring substituents is 1. The smallest absolute Gasteiger partial charge is 0.286 e. The third kappa shape index (κ3) is 4.38. The van der Waals surface area contributed by atoms with E-state index < -0.39 is 16.5 Å². The van der Waals surface area contributed by atoms with Gasteiger partial charge in [-0.1, -0.05) is 0 Å². The molecular weight excluding hydrogens is 356 g/mol. The normalized spacial score (nSPS) is 10.1. The summed E-state index contributed by atoms with van der Waals surface area (Å²) in [7, 11) is 4.33. The average Bonchev–Trinajstić information content (AvgIpc) is 2.67. The topological polar surface area (TPSA) is 109 Å². The summed E-state index contributed by atoms with van der Waals surface area (Å²) in [6.45, 7) is 2.03. The van der Waals surface area contributed by atoms with Crippen LogP contribution in [0.4, 0.5) is 11.4 Å². The Morgan fingerprint density at radius 1 is 1.04 bits per heavy atom. The van der Waals surface area contributed by atoms with E-state index in [4.69, 9.17) is 18.9 Å². The maximum Gasteiger partial charge on any atom is 0.286 e. The lowest BCUT2D eigenvalue weighted by Gasteiger charge is -2.14. The molecule has 0 aromatic heterocycles. The van der Waals surface area contributed by atoms with Gasteiger partial charge in [0.2, 0.25) is 0 Å². The molecule has 0 saturated carbocycles. The first-order valence-electron chi connectivity index (χ1n) is 7.97. The van der Waals surface area contributed by atoms with Gasteiger partial charge < -0.3 is 24.3 Å². The van der Waals surface area contributed by atoms with E-state index in [0.29, 0.717) is 23.8 Å². The first-order chi connectivity index (χ1) is 12.9. The van der Waals surface area contributed by atoms with Crippen LogP contribution in [0.3, 0.4) is 0 Å². The van der Waals surface area contributed by atoms with Crippen molar-refractivity contribution < 1.29 is 28.7 Å². The van der Waals surface area contributed by atoms with Crippen molar-refractivity contribution in [2.45, 2.75) is 6.92 Å². The Balaban J connectivity index is 2.45. The van der Waals surface area contributed by atoms with Crippen LogP contribution in [0.25, 0.3) is 0 Å². The van der Waals surface area contributed by atoms with E-state index in [1.165, 1.54) is 33.5 Å². The molecule has 0 spiro atoms. The van der Waals surface area contributed by atoms with Crippen molar-refractivity contribution in [3.05, 3.63) is 46.0 Å². The number of nitro groups is 1. The highest BCUT2D eigenvalue weighted by atomic mass is 16.6. The van der Waals surface area contributed by atoms with E-state index >= 15 is 0 Å². The predicted molar refractivity (Wildman–Crippen MR) is 98.3 cm³/mol. The van der Waals surface area contributed by atoms with Crippen molar-refractivity contribution in [1.82, 2.24) is 0 Å². The van der Waals surface area contributed by atoms with Crippen molar-refractivity contribution in [3.63, 3.8) is 0 Å². The van der Waals surface area contributed by atoms with E-state index in [-0.39, 0.29) is 17.1 Å². The zero-order valence-corrected chi connectivity index (χ0v) is 15.4. The number of ether oxygens (including phenoxy) is 4. The minimum atomic E-state index is -0.688. The quantitative estimate of drug-likeness (QED) is 0.556. The molecule has 0 aliphatic heterocycles. The predicted octanol–water partition coefficient (Wildman–Crippen LogP) is 3.27. The van der Waals surface area contributed by atoms with Crippen molar-refractivity contribution in [2.75, 3.05) is 33.3 Å². The second kappa shape index (κ2) is 8.75. The van der Waals surface area contributed by atoms with Gasteiger partial charge in [-0.2, -0.15) is 0 Å². The third-order valence-electron chi connectivity index (χ3n) is 3.68. The maximum atomic E-state index is 12.7. The molecule has 1 amide bonds. The number of nitrogens with one attached hydrogen (secondary N) is 1. The summed E-state index contributed by atoms with van der Waals surface area (Å²) in [5, 5.41) is 14.0. The number of carbonyl (C=O) groups is 1. The lowest BCUT2D eigenvalue weighted by molar-refractivity contribution is -0.385. The Hall–Kier alpha value is -3.49. The zero-order chi connectivity index (χ0) is 20.0. The van der Waals surface area contributed by atoms with Crippen molar-refractivity contribution in [1.29, 1.82) is 0 Å². The molecule has 0 aliphatic carbocycles. The molecule has 1 N–H and O–H groups in total. The summed E-state index contributed by atoms with van der Waals surface area (Å²) in [4.78, 5) is 23.5. The Morgan fingerprint density at radius 3 is 2.30 bits per heavy atom. The van der Waals surface area contributed by atoms with Crippen molar-refractivity contribution in [2.24, 2.45) is 0 Å². The lowest BCUT2D eigenvalue weighted by atomic mass is 10.1. The molecule has 0 radical (unpaired) electrons. The van der Waals surface area contributed by atoms with Crippen LogP contribution < -0.4 is 24.3 Å². The molecule has 0 saturated heterocycles. The second-order valence-corrected chi connectivity index (χ2v) is 5.23. The van der Waals surface area contributed by atoms with Gasteiger partial charge in [0, 0.05) is 12.1 Å². The Morgan fingerprint density at radius 2 is 1.74 bits per heavy atom. The highest BCUT2D eigenvalue weighted by molar-refractivity contribution is 6.08. The number of anilines is 1. The first kappa shape index (κ1) is 19.8. The summed E-state index contributed by atoms with van der Waals surface area (Å²) in [6.07, 6.45) is 0. The maximum absolute atomic E-state index is 12.7. The van der Waals surface area contributed by atoms with Gasteiger partial charge in [-0.25, -0.2) is 0 Å². The molecular formula is C18H20N2O7. The molecule has 0 bridgehead atoms. The number of nitrogens with zero attached hydrogens (tertiary/aromatic N) is 1. The fourth-order valence-corrected chi connectivity index (χ4v) is 2.40. The zero-order valence-electron chi connectivity index (χ0n) is 15.4. The van der Waals surface area contributed by atoms with Crippen LogP contribution in [0.15, 0.2) is 30.3 Å². The minimum Gasteiger partial charge on any atom is -0.497 e. The standard InChI is InChI=1S/C18H20N2O7/c1-5-27-17-10-14(20(22)23)12(9-16(17)26-4)18(21)19-13-7-6-11(24-2)8-15(13)25-3/h6-10H,5H2,1-4H3,(H,19,21). The van der Waals surface area contributed by atoms with Crippen LogP contribution in [0.1, 0.15) is 17.3 Å².